The highest BCUT2D eigenvalue weighted by molar-refractivity contribution is 6.30. The normalized spacial score (nSPS) is 14.9. The maximum atomic E-state index is 12.7. The minimum Gasteiger partial charge on any atom is -0.368 e. The van der Waals surface area contributed by atoms with E-state index < -0.39 is 0 Å². The summed E-state index contributed by atoms with van der Waals surface area (Å²) in [6.45, 7) is 3.38. The molecule has 1 amide bonds. The second-order valence-electron chi connectivity index (χ2n) is 5.62. The van der Waals surface area contributed by atoms with E-state index in [1.807, 2.05) is 53.4 Å². The molecule has 1 saturated heterocycles. The fourth-order valence-corrected chi connectivity index (χ4v) is 3.10. The van der Waals surface area contributed by atoms with Gasteiger partial charge < -0.3 is 15.5 Å². The molecule has 2 N–H and O–H groups in total. The third-order valence-corrected chi connectivity index (χ3v) is 4.44. The molecule has 0 saturated carbocycles. The first-order chi connectivity index (χ1) is 11.2. The number of piperazine rings is 1. The van der Waals surface area contributed by atoms with Crippen LogP contribution in [-0.2, 0) is 6.54 Å². The monoisotopic (exact) mass is 329 g/mol. The average Bonchev–Trinajstić information content (AvgIpc) is 2.61. The third-order valence-electron chi connectivity index (χ3n) is 4.21. The SMILES string of the molecule is NCc1ccccc1C(=O)N1CCN(c2cccc(Cl)c2)CC1. The van der Waals surface area contributed by atoms with Crippen LogP contribution in [0.2, 0.25) is 5.02 Å². The van der Waals surface area contributed by atoms with E-state index in [9.17, 15) is 4.79 Å². The van der Waals surface area contributed by atoms with Crippen molar-refractivity contribution >= 4 is 23.2 Å². The van der Waals surface area contributed by atoms with Gasteiger partial charge in [0.25, 0.3) is 5.91 Å². The van der Waals surface area contributed by atoms with Gasteiger partial charge in [-0.3, -0.25) is 4.79 Å². The van der Waals surface area contributed by atoms with Crippen LogP contribution in [-0.4, -0.2) is 37.0 Å². The van der Waals surface area contributed by atoms with Gasteiger partial charge in [-0.2, -0.15) is 0 Å². The molecule has 3 rings (SSSR count). The Morgan fingerprint density at radius 2 is 1.78 bits per heavy atom. The molecule has 0 radical (unpaired) electrons. The van der Waals surface area contributed by atoms with Crippen molar-refractivity contribution in [3.8, 4) is 0 Å². The maximum absolute atomic E-state index is 12.7. The number of carbonyl (C=O) groups excluding carboxylic acids is 1. The summed E-state index contributed by atoms with van der Waals surface area (Å²) in [4.78, 5) is 16.9. The van der Waals surface area contributed by atoms with Crippen molar-refractivity contribution in [2.24, 2.45) is 5.73 Å². The Morgan fingerprint density at radius 3 is 2.48 bits per heavy atom. The lowest BCUT2D eigenvalue weighted by Crippen LogP contribution is -2.49. The molecule has 0 unspecified atom stereocenters. The highest BCUT2D eigenvalue weighted by Gasteiger charge is 2.23. The molecule has 2 aromatic rings. The van der Waals surface area contributed by atoms with Crippen LogP contribution < -0.4 is 10.6 Å². The standard InChI is InChI=1S/C18H20ClN3O/c19-15-5-3-6-16(12-15)21-8-10-22(11-9-21)18(23)17-7-2-1-4-14(17)13-20/h1-7,12H,8-11,13,20H2. The Kier molecular flexibility index (Phi) is 4.84. The lowest BCUT2D eigenvalue weighted by atomic mass is 10.1. The van der Waals surface area contributed by atoms with E-state index in [1.165, 1.54) is 0 Å². The van der Waals surface area contributed by atoms with Crippen LogP contribution in [0.1, 0.15) is 15.9 Å². The Balaban J connectivity index is 1.68. The predicted molar refractivity (Wildman–Crippen MR) is 93.9 cm³/mol. The second-order valence-corrected chi connectivity index (χ2v) is 6.06. The van der Waals surface area contributed by atoms with Crippen LogP contribution in [0.15, 0.2) is 48.5 Å². The fourth-order valence-electron chi connectivity index (χ4n) is 2.92. The molecule has 120 valence electrons. The van der Waals surface area contributed by atoms with Crippen molar-refractivity contribution in [3.05, 3.63) is 64.7 Å². The molecule has 5 heteroatoms. The number of nitrogens with zero attached hydrogens (tertiary/aromatic N) is 2. The largest absolute Gasteiger partial charge is 0.368 e. The average molecular weight is 330 g/mol. The molecule has 0 spiro atoms. The van der Waals surface area contributed by atoms with Gasteiger partial charge in [-0.15, -0.1) is 0 Å². The molecular formula is C18H20ClN3O. The first kappa shape index (κ1) is 15.8. The molecule has 0 aromatic heterocycles. The number of amides is 1. The molecule has 4 nitrogen and oxygen atoms in total. The van der Waals surface area contributed by atoms with Crippen LogP contribution in [0.5, 0.6) is 0 Å². The molecule has 0 bridgehead atoms. The molecule has 1 aliphatic rings. The Hall–Kier alpha value is -2.04. The summed E-state index contributed by atoms with van der Waals surface area (Å²) in [7, 11) is 0. The molecule has 1 aliphatic heterocycles. The first-order valence-electron chi connectivity index (χ1n) is 7.77. The van der Waals surface area contributed by atoms with E-state index in [0.717, 1.165) is 29.4 Å². The third kappa shape index (κ3) is 3.49. The van der Waals surface area contributed by atoms with Gasteiger partial charge >= 0.3 is 0 Å². The maximum Gasteiger partial charge on any atom is 0.254 e. The van der Waals surface area contributed by atoms with Gasteiger partial charge in [0.15, 0.2) is 0 Å². The lowest BCUT2D eigenvalue weighted by Gasteiger charge is -2.36. The summed E-state index contributed by atoms with van der Waals surface area (Å²) in [5, 5.41) is 0.734. The lowest BCUT2D eigenvalue weighted by molar-refractivity contribution is 0.0745. The van der Waals surface area contributed by atoms with E-state index in [-0.39, 0.29) is 5.91 Å². The van der Waals surface area contributed by atoms with E-state index in [1.54, 1.807) is 0 Å². The summed E-state index contributed by atoms with van der Waals surface area (Å²) in [5.74, 6) is 0.0665. The van der Waals surface area contributed by atoms with Gasteiger partial charge in [0, 0.05) is 49.0 Å². The zero-order valence-electron chi connectivity index (χ0n) is 12.9. The van der Waals surface area contributed by atoms with Crippen molar-refractivity contribution in [2.75, 3.05) is 31.1 Å². The highest BCUT2D eigenvalue weighted by Crippen LogP contribution is 2.21. The minimum atomic E-state index is 0.0665. The van der Waals surface area contributed by atoms with Gasteiger partial charge in [0.2, 0.25) is 0 Å². The zero-order valence-corrected chi connectivity index (χ0v) is 13.7. The summed E-state index contributed by atoms with van der Waals surface area (Å²) in [6.07, 6.45) is 0. The molecule has 0 aliphatic carbocycles. The van der Waals surface area contributed by atoms with Crippen molar-refractivity contribution < 1.29 is 4.79 Å². The molecule has 0 atom stereocenters. The van der Waals surface area contributed by atoms with Gasteiger partial charge in [-0.25, -0.2) is 0 Å². The van der Waals surface area contributed by atoms with E-state index >= 15 is 0 Å². The summed E-state index contributed by atoms with van der Waals surface area (Å²) >= 11 is 6.05. The van der Waals surface area contributed by atoms with Gasteiger partial charge in [-0.1, -0.05) is 35.9 Å². The van der Waals surface area contributed by atoms with Crippen molar-refractivity contribution in [2.45, 2.75) is 6.54 Å². The van der Waals surface area contributed by atoms with Crippen molar-refractivity contribution in [3.63, 3.8) is 0 Å². The number of benzene rings is 2. The number of rotatable bonds is 3. The van der Waals surface area contributed by atoms with Crippen LogP contribution >= 0.6 is 11.6 Å². The van der Waals surface area contributed by atoms with E-state index in [2.05, 4.69) is 4.90 Å². The Labute approximate surface area is 141 Å². The number of hydrogen-bond donors (Lipinski definition) is 1. The quantitative estimate of drug-likeness (QED) is 0.942. The van der Waals surface area contributed by atoms with Crippen LogP contribution in [0, 0.1) is 0 Å². The first-order valence-corrected chi connectivity index (χ1v) is 8.14. The van der Waals surface area contributed by atoms with Gasteiger partial charge in [-0.05, 0) is 29.8 Å². The zero-order chi connectivity index (χ0) is 16.2. The van der Waals surface area contributed by atoms with Gasteiger partial charge in [0.1, 0.15) is 0 Å². The summed E-state index contributed by atoms with van der Waals surface area (Å²) in [5.41, 5.74) is 8.45. The number of nitrogens with two attached hydrogens (primary N) is 1. The summed E-state index contributed by atoms with van der Waals surface area (Å²) < 4.78 is 0. The molecule has 23 heavy (non-hydrogen) atoms. The van der Waals surface area contributed by atoms with E-state index in [4.69, 9.17) is 17.3 Å². The smallest absolute Gasteiger partial charge is 0.254 e. The fraction of sp³-hybridized carbons (Fsp3) is 0.278. The predicted octanol–water partition coefficient (Wildman–Crippen LogP) is 2.76. The topological polar surface area (TPSA) is 49.6 Å². The van der Waals surface area contributed by atoms with Crippen molar-refractivity contribution in [1.82, 2.24) is 4.90 Å². The van der Waals surface area contributed by atoms with E-state index in [0.29, 0.717) is 25.2 Å². The second kappa shape index (κ2) is 7.02. The number of anilines is 1. The molecular weight excluding hydrogens is 310 g/mol. The minimum absolute atomic E-state index is 0.0665. The highest BCUT2D eigenvalue weighted by atomic mass is 35.5. The number of hydrogen-bond acceptors (Lipinski definition) is 3. The number of carbonyl (C=O) groups is 1. The molecule has 1 heterocycles. The molecule has 2 aromatic carbocycles. The van der Waals surface area contributed by atoms with Crippen molar-refractivity contribution in [1.29, 1.82) is 0 Å². The summed E-state index contributed by atoms with van der Waals surface area (Å²) in [6, 6.07) is 15.4. The van der Waals surface area contributed by atoms with Crippen LogP contribution in [0.25, 0.3) is 0 Å². The van der Waals surface area contributed by atoms with Gasteiger partial charge in [0.05, 0.1) is 0 Å². The molecule has 1 fully saturated rings. The van der Waals surface area contributed by atoms with Crippen LogP contribution in [0.4, 0.5) is 5.69 Å². The Morgan fingerprint density at radius 1 is 1.04 bits per heavy atom. The number of halogens is 1. The van der Waals surface area contributed by atoms with Crippen LogP contribution in [0.3, 0.4) is 0 Å². The Bertz CT molecular complexity index is 696.